The molecule has 0 bridgehead atoms. The predicted octanol–water partition coefficient (Wildman–Crippen LogP) is 3.95. The van der Waals surface area contributed by atoms with Crippen molar-refractivity contribution in [2.45, 2.75) is 32.6 Å². The number of carbonyl (C=O) groups is 1. The third-order valence-corrected chi connectivity index (χ3v) is 4.20. The molecule has 0 aliphatic heterocycles. The van der Waals surface area contributed by atoms with Gasteiger partial charge in [0.1, 0.15) is 0 Å². The van der Waals surface area contributed by atoms with Crippen LogP contribution in [0.15, 0.2) is 54.6 Å². The summed E-state index contributed by atoms with van der Waals surface area (Å²) in [6.45, 7) is 2.28. The minimum atomic E-state index is -0.0443. The second-order valence-corrected chi connectivity index (χ2v) is 5.96. The number of para-hydroxylation sites is 2. The largest absolute Gasteiger partial charge is 0.321 e. The lowest BCUT2D eigenvalue weighted by atomic mass is 9.87. The first-order valence-corrected chi connectivity index (χ1v) is 7.80. The highest BCUT2D eigenvalue weighted by Gasteiger charge is 2.13. The molecule has 1 aliphatic carbocycles. The predicted molar refractivity (Wildman–Crippen MR) is 87.9 cm³/mol. The van der Waals surface area contributed by atoms with Crippen LogP contribution in [0.3, 0.4) is 0 Å². The third kappa shape index (κ3) is 3.45. The number of hydrogen-bond acceptors (Lipinski definition) is 2. The number of imidazole rings is 1. The van der Waals surface area contributed by atoms with Gasteiger partial charge in [-0.15, -0.1) is 0 Å². The number of allylic oxidation sites excluding steroid dienone is 1. The van der Waals surface area contributed by atoms with Crippen LogP contribution in [0, 0.1) is 5.92 Å². The van der Waals surface area contributed by atoms with Gasteiger partial charge in [0, 0.05) is 18.5 Å². The Balaban J connectivity index is 1.74. The highest BCUT2D eigenvalue weighted by atomic mass is 16.1. The van der Waals surface area contributed by atoms with Gasteiger partial charge in [-0.2, -0.15) is 0 Å². The molecule has 1 fully saturated rings. The third-order valence-electron chi connectivity index (χ3n) is 4.20. The molecule has 0 unspecified atom stereocenters. The molecule has 1 saturated carbocycles. The van der Waals surface area contributed by atoms with Crippen LogP contribution in [-0.4, -0.2) is 15.5 Å². The molecule has 1 N–H and O–H groups in total. The fourth-order valence-electron chi connectivity index (χ4n) is 2.84. The van der Waals surface area contributed by atoms with Crippen molar-refractivity contribution in [1.29, 1.82) is 0 Å². The van der Waals surface area contributed by atoms with Crippen LogP contribution < -0.4 is 5.32 Å². The van der Waals surface area contributed by atoms with Gasteiger partial charge in [-0.3, -0.25) is 4.79 Å². The van der Waals surface area contributed by atoms with Crippen molar-refractivity contribution in [2.75, 3.05) is 5.32 Å². The van der Waals surface area contributed by atoms with E-state index in [0.717, 1.165) is 30.1 Å². The van der Waals surface area contributed by atoms with Crippen molar-refractivity contribution in [1.82, 2.24) is 9.55 Å². The average molecular weight is 295 g/mol. The molecule has 1 aromatic heterocycles. The molecular formula is C18H21N3O. The van der Waals surface area contributed by atoms with E-state index in [2.05, 4.69) is 17.2 Å². The van der Waals surface area contributed by atoms with Crippen molar-refractivity contribution in [3.63, 3.8) is 0 Å². The lowest BCUT2D eigenvalue weighted by Crippen LogP contribution is -2.13. The molecule has 1 aliphatic rings. The Kier molecular flexibility index (Phi) is 4.37. The number of anilines is 1. The van der Waals surface area contributed by atoms with E-state index in [-0.39, 0.29) is 5.91 Å². The van der Waals surface area contributed by atoms with Crippen LogP contribution in [0.1, 0.15) is 32.6 Å². The van der Waals surface area contributed by atoms with Gasteiger partial charge in [-0.05, 0) is 43.7 Å². The van der Waals surface area contributed by atoms with Gasteiger partial charge in [0.2, 0.25) is 5.91 Å². The summed E-state index contributed by atoms with van der Waals surface area (Å²) in [6.07, 6.45) is 11.5. The summed E-state index contributed by atoms with van der Waals surface area (Å²) in [7, 11) is 0. The van der Waals surface area contributed by atoms with Gasteiger partial charge in [0.05, 0.1) is 17.7 Å². The molecule has 22 heavy (non-hydrogen) atoms. The maximum atomic E-state index is 12.3. The fourth-order valence-corrected chi connectivity index (χ4v) is 2.84. The van der Waals surface area contributed by atoms with E-state index in [1.54, 1.807) is 18.6 Å². The van der Waals surface area contributed by atoms with Crippen LogP contribution in [0.25, 0.3) is 5.69 Å². The zero-order valence-electron chi connectivity index (χ0n) is 12.8. The van der Waals surface area contributed by atoms with Crippen molar-refractivity contribution in [3.8, 4) is 5.69 Å². The fraction of sp³-hybridized carbons (Fsp3) is 0.333. The zero-order valence-corrected chi connectivity index (χ0v) is 12.8. The monoisotopic (exact) mass is 295 g/mol. The van der Waals surface area contributed by atoms with E-state index in [1.165, 1.54) is 18.4 Å². The summed E-state index contributed by atoms with van der Waals surface area (Å²) in [5.41, 5.74) is 2.98. The van der Waals surface area contributed by atoms with E-state index in [1.807, 2.05) is 35.0 Å². The molecule has 2 aromatic rings. The molecule has 0 radical (unpaired) electrons. The van der Waals surface area contributed by atoms with Gasteiger partial charge in [-0.25, -0.2) is 4.98 Å². The zero-order chi connectivity index (χ0) is 15.4. The Hall–Kier alpha value is -2.36. The summed E-state index contributed by atoms with van der Waals surface area (Å²) >= 11 is 0. The Morgan fingerprint density at radius 3 is 2.82 bits per heavy atom. The lowest BCUT2D eigenvalue weighted by molar-refractivity contribution is -0.112. The van der Waals surface area contributed by atoms with Crippen LogP contribution >= 0.6 is 0 Å². The van der Waals surface area contributed by atoms with Gasteiger partial charge in [0.15, 0.2) is 0 Å². The van der Waals surface area contributed by atoms with E-state index in [9.17, 15) is 4.79 Å². The van der Waals surface area contributed by atoms with Crippen LogP contribution in [-0.2, 0) is 4.79 Å². The molecule has 1 heterocycles. The maximum Gasteiger partial charge on any atom is 0.248 e. The van der Waals surface area contributed by atoms with Crippen molar-refractivity contribution in [2.24, 2.45) is 5.92 Å². The molecule has 0 saturated heterocycles. The van der Waals surface area contributed by atoms with Crippen molar-refractivity contribution in [3.05, 3.63) is 54.6 Å². The van der Waals surface area contributed by atoms with E-state index in [4.69, 9.17) is 0 Å². The van der Waals surface area contributed by atoms with Crippen molar-refractivity contribution < 1.29 is 4.79 Å². The quantitative estimate of drug-likeness (QED) is 0.872. The van der Waals surface area contributed by atoms with E-state index < -0.39 is 0 Å². The van der Waals surface area contributed by atoms with E-state index >= 15 is 0 Å². The molecule has 3 rings (SSSR count). The minimum absolute atomic E-state index is 0.0443. The van der Waals surface area contributed by atoms with Gasteiger partial charge < -0.3 is 9.88 Å². The molecule has 4 nitrogen and oxygen atoms in total. The molecule has 114 valence electrons. The molecule has 0 spiro atoms. The number of benzene rings is 1. The number of nitrogens with one attached hydrogen (secondary N) is 1. The Labute approximate surface area is 130 Å². The Morgan fingerprint density at radius 1 is 1.32 bits per heavy atom. The standard InChI is InChI=1S/C18H21N3O/c1-14-6-8-15(9-7-14)12-18(22)20-16-4-2-3-5-17(16)21-11-10-19-13-21/h2-5,10-14H,6-9H2,1H3,(H,20,22). The first-order valence-electron chi connectivity index (χ1n) is 7.80. The number of carbonyl (C=O) groups excluding carboxylic acids is 1. The summed E-state index contributed by atoms with van der Waals surface area (Å²) in [4.78, 5) is 16.3. The van der Waals surface area contributed by atoms with Crippen LogP contribution in [0.2, 0.25) is 0 Å². The lowest BCUT2D eigenvalue weighted by Gasteiger charge is -2.20. The second-order valence-electron chi connectivity index (χ2n) is 5.96. The van der Waals surface area contributed by atoms with Gasteiger partial charge in [-0.1, -0.05) is 24.6 Å². The van der Waals surface area contributed by atoms with Gasteiger partial charge in [0.25, 0.3) is 0 Å². The molecular weight excluding hydrogens is 274 g/mol. The first kappa shape index (κ1) is 14.6. The van der Waals surface area contributed by atoms with E-state index in [0.29, 0.717) is 0 Å². The molecule has 0 atom stereocenters. The summed E-state index contributed by atoms with van der Waals surface area (Å²) in [5, 5.41) is 2.99. The smallest absolute Gasteiger partial charge is 0.248 e. The number of amides is 1. The highest BCUT2D eigenvalue weighted by Crippen LogP contribution is 2.27. The van der Waals surface area contributed by atoms with Crippen LogP contribution in [0.5, 0.6) is 0 Å². The normalized spacial score (nSPS) is 18.0. The Morgan fingerprint density at radius 2 is 2.09 bits per heavy atom. The van der Waals surface area contributed by atoms with Crippen LogP contribution in [0.4, 0.5) is 5.69 Å². The molecule has 4 heteroatoms. The SMILES string of the molecule is CC1CCC(=CC(=O)Nc2ccccc2-n2ccnc2)CC1. The van der Waals surface area contributed by atoms with Crippen molar-refractivity contribution >= 4 is 11.6 Å². The molecule has 1 amide bonds. The summed E-state index contributed by atoms with van der Waals surface area (Å²) < 4.78 is 1.89. The minimum Gasteiger partial charge on any atom is -0.321 e. The number of nitrogens with zero attached hydrogens (tertiary/aromatic N) is 2. The first-order chi connectivity index (χ1) is 10.7. The number of hydrogen-bond donors (Lipinski definition) is 1. The number of rotatable bonds is 3. The highest BCUT2D eigenvalue weighted by molar-refractivity contribution is 6.01. The topological polar surface area (TPSA) is 46.9 Å². The summed E-state index contributed by atoms with van der Waals surface area (Å²) in [6, 6.07) is 7.75. The Bertz CT molecular complexity index is 663. The maximum absolute atomic E-state index is 12.3. The second kappa shape index (κ2) is 6.60. The van der Waals surface area contributed by atoms with Gasteiger partial charge >= 0.3 is 0 Å². The molecule has 1 aromatic carbocycles. The summed E-state index contributed by atoms with van der Waals surface area (Å²) in [5.74, 6) is 0.735. The number of aromatic nitrogens is 2. The average Bonchev–Trinajstić information content (AvgIpc) is 3.04.